The number of benzene rings is 1. The van der Waals surface area contributed by atoms with Crippen molar-refractivity contribution in [1.82, 2.24) is 10.2 Å². The quantitative estimate of drug-likeness (QED) is 0.758. The molecule has 1 aromatic carbocycles. The normalized spacial score (nSPS) is 15.3. The van der Waals surface area contributed by atoms with Gasteiger partial charge in [0.1, 0.15) is 12.4 Å². The second-order valence-corrected chi connectivity index (χ2v) is 5.83. The Balaban J connectivity index is 1.70. The van der Waals surface area contributed by atoms with Gasteiger partial charge in [0.15, 0.2) is 0 Å². The highest BCUT2D eigenvalue weighted by molar-refractivity contribution is 5.75. The molecule has 0 saturated carbocycles. The third-order valence-electron chi connectivity index (χ3n) is 3.93. The lowest BCUT2D eigenvalue weighted by Gasteiger charge is -2.26. The predicted octanol–water partition coefficient (Wildman–Crippen LogP) is 2.20. The molecular weight excluding hydrogens is 292 g/mol. The topological polar surface area (TPSA) is 50.8 Å². The summed E-state index contributed by atoms with van der Waals surface area (Å²) in [7, 11) is 0. The number of hydrogen-bond acceptors (Lipinski definition) is 4. The van der Waals surface area contributed by atoms with E-state index < -0.39 is 0 Å². The molecule has 1 aliphatic heterocycles. The molecule has 5 heteroatoms. The molecule has 0 radical (unpaired) electrons. The van der Waals surface area contributed by atoms with Crippen LogP contribution in [0.2, 0.25) is 0 Å². The lowest BCUT2D eigenvalue weighted by Crippen LogP contribution is -2.38. The Labute approximate surface area is 139 Å². The lowest BCUT2D eigenvalue weighted by molar-refractivity contribution is -0.121. The summed E-state index contributed by atoms with van der Waals surface area (Å²) in [6, 6.07) is 7.94. The van der Waals surface area contributed by atoms with Crippen molar-refractivity contribution in [1.29, 1.82) is 0 Å². The SMILES string of the molecule is CCCCC(=O)NCc1cccc(OCCN2CCOCC2)c1. The van der Waals surface area contributed by atoms with E-state index in [4.69, 9.17) is 9.47 Å². The maximum Gasteiger partial charge on any atom is 0.220 e. The van der Waals surface area contributed by atoms with E-state index in [1.807, 2.05) is 24.3 Å². The van der Waals surface area contributed by atoms with Gasteiger partial charge in [-0.2, -0.15) is 0 Å². The Bertz CT molecular complexity index is 473. The highest BCUT2D eigenvalue weighted by Gasteiger charge is 2.09. The van der Waals surface area contributed by atoms with Crippen molar-refractivity contribution < 1.29 is 14.3 Å². The van der Waals surface area contributed by atoms with Gasteiger partial charge in [0, 0.05) is 32.6 Å². The molecule has 0 unspecified atom stereocenters. The maximum atomic E-state index is 11.6. The van der Waals surface area contributed by atoms with Gasteiger partial charge in [-0.05, 0) is 24.1 Å². The van der Waals surface area contributed by atoms with Crippen molar-refractivity contribution in [3.63, 3.8) is 0 Å². The van der Waals surface area contributed by atoms with Crippen molar-refractivity contribution in [3.8, 4) is 5.75 Å². The number of nitrogens with zero attached hydrogens (tertiary/aromatic N) is 1. The highest BCUT2D eigenvalue weighted by atomic mass is 16.5. The minimum Gasteiger partial charge on any atom is -0.492 e. The molecule has 1 saturated heterocycles. The Morgan fingerprint density at radius 1 is 1.35 bits per heavy atom. The van der Waals surface area contributed by atoms with E-state index >= 15 is 0 Å². The van der Waals surface area contributed by atoms with Crippen LogP contribution in [0.5, 0.6) is 5.75 Å². The maximum absolute atomic E-state index is 11.6. The molecule has 1 N–H and O–H groups in total. The number of nitrogens with one attached hydrogen (secondary N) is 1. The van der Waals surface area contributed by atoms with Crippen molar-refractivity contribution in [2.24, 2.45) is 0 Å². The molecule has 0 aliphatic carbocycles. The van der Waals surface area contributed by atoms with E-state index in [0.29, 0.717) is 19.6 Å². The first kappa shape index (κ1) is 17.8. The molecule has 23 heavy (non-hydrogen) atoms. The van der Waals surface area contributed by atoms with Crippen LogP contribution in [0.1, 0.15) is 31.7 Å². The fourth-order valence-corrected chi connectivity index (χ4v) is 2.49. The molecule has 0 spiro atoms. The molecule has 1 fully saturated rings. The third kappa shape index (κ3) is 7.01. The molecule has 0 aromatic heterocycles. The number of morpholine rings is 1. The Morgan fingerprint density at radius 3 is 2.96 bits per heavy atom. The number of carbonyl (C=O) groups excluding carboxylic acids is 1. The van der Waals surface area contributed by atoms with Crippen molar-refractivity contribution in [3.05, 3.63) is 29.8 Å². The van der Waals surface area contributed by atoms with Crippen LogP contribution in [-0.2, 0) is 16.1 Å². The number of rotatable bonds is 9. The van der Waals surface area contributed by atoms with E-state index in [-0.39, 0.29) is 5.91 Å². The largest absolute Gasteiger partial charge is 0.492 e. The van der Waals surface area contributed by atoms with E-state index in [9.17, 15) is 4.79 Å². The molecular formula is C18H28N2O3. The van der Waals surface area contributed by atoms with Crippen LogP contribution in [0.15, 0.2) is 24.3 Å². The van der Waals surface area contributed by atoms with Crippen LogP contribution in [0, 0.1) is 0 Å². The number of amides is 1. The first-order valence-corrected chi connectivity index (χ1v) is 8.56. The van der Waals surface area contributed by atoms with Crippen LogP contribution >= 0.6 is 0 Å². The monoisotopic (exact) mass is 320 g/mol. The van der Waals surface area contributed by atoms with Gasteiger partial charge in [0.25, 0.3) is 0 Å². The molecule has 128 valence electrons. The fourth-order valence-electron chi connectivity index (χ4n) is 2.49. The average molecular weight is 320 g/mol. The number of carbonyl (C=O) groups is 1. The van der Waals surface area contributed by atoms with Crippen LogP contribution in [0.25, 0.3) is 0 Å². The second kappa shape index (κ2) is 10.2. The van der Waals surface area contributed by atoms with Crippen LogP contribution in [-0.4, -0.2) is 50.3 Å². The van der Waals surface area contributed by atoms with Gasteiger partial charge in [0.05, 0.1) is 13.2 Å². The summed E-state index contributed by atoms with van der Waals surface area (Å²) in [4.78, 5) is 14.0. The predicted molar refractivity (Wildman–Crippen MR) is 90.6 cm³/mol. The van der Waals surface area contributed by atoms with E-state index in [1.165, 1.54) is 0 Å². The van der Waals surface area contributed by atoms with Crippen LogP contribution in [0.4, 0.5) is 0 Å². The Hall–Kier alpha value is -1.59. The summed E-state index contributed by atoms with van der Waals surface area (Å²) in [6.07, 6.45) is 2.59. The zero-order valence-electron chi connectivity index (χ0n) is 14.1. The Morgan fingerprint density at radius 2 is 2.17 bits per heavy atom. The summed E-state index contributed by atoms with van der Waals surface area (Å²) in [5, 5.41) is 2.95. The first-order valence-electron chi connectivity index (χ1n) is 8.56. The zero-order chi connectivity index (χ0) is 16.3. The Kier molecular flexibility index (Phi) is 7.90. The van der Waals surface area contributed by atoms with E-state index in [1.54, 1.807) is 0 Å². The molecule has 0 bridgehead atoms. The van der Waals surface area contributed by atoms with Gasteiger partial charge in [0.2, 0.25) is 5.91 Å². The zero-order valence-corrected chi connectivity index (χ0v) is 14.1. The number of ether oxygens (including phenoxy) is 2. The van der Waals surface area contributed by atoms with Crippen LogP contribution < -0.4 is 10.1 Å². The standard InChI is InChI=1S/C18H28N2O3/c1-2-3-7-18(21)19-15-16-5-4-6-17(14-16)23-13-10-20-8-11-22-12-9-20/h4-6,14H,2-3,7-13,15H2,1H3,(H,19,21). The lowest BCUT2D eigenvalue weighted by atomic mass is 10.2. The second-order valence-electron chi connectivity index (χ2n) is 5.83. The molecule has 5 nitrogen and oxygen atoms in total. The minimum absolute atomic E-state index is 0.116. The van der Waals surface area contributed by atoms with Crippen LogP contribution in [0.3, 0.4) is 0 Å². The van der Waals surface area contributed by atoms with Crippen molar-refractivity contribution in [2.75, 3.05) is 39.5 Å². The molecule has 0 atom stereocenters. The van der Waals surface area contributed by atoms with Gasteiger partial charge < -0.3 is 14.8 Å². The van der Waals surface area contributed by atoms with Crippen molar-refractivity contribution in [2.45, 2.75) is 32.7 Å². The summed E-state index contributed by atoms with van der Waals surface area (Å²) in [6.45, 7) is 7.82. The van der Waals surface area contributed by atoms with E-state index in [0.717, 1.165) is 57.0 Å². The minimum atomic E-state index is 0.116. The molecule has 1 amide bonds. The van der Waals surface area contributed by atoms with Gasteiger partial charge in [-0.3, -0.25) is 9.69 Å². The summed E-state index contributed by atoms with van der Waals surface area (Å²) >= 11 is 0. The first-order chi connectivity index (χ1) is 11.3. The third-order valence-corrected chi connectivity index (χ3v) is 3.93. The smallest absolute Gasteiger partial charge is 0.220 e. The average Bonchev–Trinajstić information content (AvgIpc) is 2.59. The van der Waals surface area contributed by atoms with Gasteiger partial charge >= 0.3 is 0 Å². The summed E-state index contributed by atoms with van der Waals surface area (Å²) in [5.41, 5.74) is 1.07. The highest BCUT2D eigenvalue weighted by Crippen LogP contribution is 2.13. The molecule has 2 rings (SSSR count). The fraction of sp³-hybridized carbons (Fsp3) is 0.611. The summed E-state index contributed by atoms with van der Waals surface area (Å²) < 4.78 is 11.2. The number of unbranched alkanes of at least 4 members (excludes halogenated alkanes) is 1. The molecule has 1 heterocycles. The van der Waals surface area contributed by atoms with Gasteiger partial charge in [-0.15, -0.1) is 0 Å². The number of hydrogen-bond donors (Lipinski definition) is 1. The van der Waals surface area contributed by atoms with Crippen molar-refractivity contribution >= 4 is 5.91 Å². The van der Waals surface area contributed by atoms with Gasteiger partial charge in [-0.25, -0.2) is 0 Å². The molecule has 1 aromatic rings. The molecule has 1 aliphatic rings. The van der Waals surface area contributed by atoms with Gasteiger partial charge in [-0.1, -0.05) is 25.5 Å². The summed E-state index contributed by atoms with van der Waals surface area (Å²) in [5.74, 6) is 0.976. The van der Waals surface area contributed by atoms with E-state index in [2.05, 4.69) is 17.1 Å².